The summed E-state index contributed by atoms with van der Waals surface area (Å²) in [6, 6.07) is 8.24. The molecule has 0 aliphatic carbocycles. The largest absolute Gasteiger partial charge is 0.495 e. The third kappa shape index (κ3) is 3.97. The van der Waals surface area contributed by atoms with Gasteiger partial charge < -0.3 is 24.9 Å². The number of anilines is 1. The van der Waals surface area contributed by atoms with Crippen molar-refractivity contribution < 1.29 is 19.2 Å². The molecule has 0 unspecified atom stereocenters. The van der Waals surface area contributed by atoms with Crippen LogP contribution in [0, 0.1) is 17.0 Å². The van der Waals surface area contributed by atoms with E-state index in [1.165, 1.54) is 32.4 Å². The molecule has 1 amide bonds. The molecule has 1 heterocycles. The lowest BCUT2D eigenvalue weighted by molar-refractivity contribution is -0.390. The molecular weight excluding hydrogens is 314 g/mol. The molecule has 0 saturated heterocycles. The van der Waals surface area contributed by atoms with Gasteiger partial charge in [-0.15, -0.1) is 0 Å². The summed E-state index contributed by atoms with van der Waals surface area (Å²) >= 11 is 0. The number of hydrogen-bond acceptors (Lipinski definition) is 6. The number of pyridine rings is 1. The lowest BCUT2D eigenvalue weighted by Crippen LogP contribution is -2.30. The van der Waals surface area contributed by atoms with E-state index < -0.39 is 22.8 Å². The van der Waals surface area contributed by atoms with Crippen LogP contribution in [0.4, 0.5) is 11.5 Å². The summed E-state index contributed by atoms with van der Waals surface area (Å²) in [5, 5.41) is 13.6. The Hall–Kier alpha value is -3.16. The molecule has 1 aromatic heterocycles. The number of aryl methyl sites for hydroxylation is 1. The Morgan fingerprint density at radius 2 is 2.08 bits per heavy atom. The topological polar surface area (TPSA) is 104 Å². The maximum Gasteiger partial charge on any atom is 0.406 e. The number of nitrogens with one attached hydrogen (secondary N) is 1. The summed E-state index contributed by atoms with van der Waals surface area (Å²) in [6.07, 6.45) is 0.325. The fourth-order valence-corrected chi connectivity index (χ4v) is 2.01. The normalized spacial score (nSPS) is 11.5. The van der Waals surface area contributed by atoms with E-state index in [1.54, 1.807) is 12.1 Å². The molecule has 0 aliphatic heterocycles. The molecule has 8 nitrogen and oxygen atoms in total. The van der Waals surface area contributed by atoms with Crippen LogP contribution in [0.25, 0.3) is 0 Å². The average molecular weight is 331 g/mol. The number of carbonyl (C=O) groups is 1. The van der Waals surface area contributed by atoms with Gasteiger partial charge in [-0.25, -0.2) is 0 Å². The molecule has 1 aromatic carbocycles. The van der Waals surface area contributed by atoms with Crippen molar-refractivity contribution in [2.45, 2.75) is 20.0 Å². The van der Waals surface area contributed by atoms with E-state index >= 15 is 0 Å². The van der Waals surface area contributed by atoms with Crippen molar-refractivity contribution >= 4 is 17.4 Å². The zero-order chi connectivity index (χ0) is 17.7. The van der Waals surface area contributed by atoms with Crippen molar-refractivity contribution in [1.29, 1.82) is 0 Å². The van der Waals surface area contributed by atoms with Crippen LogP contribution in [0.5, 0.6) is 11.5 Å². The highest BCUT2D eigenvalue weighted by molar-refractivity contribution is 5.95. The number of ether oxygens (including phenoxy) is 2. The Kier molecular flexibility index (Phi) is 5.31. The van der Waals surface area contributed by atoms with Crippen LogP contribution in [0.15, 0.2) is 36.5 Å². The van der Waals surface area contributed by atoms with Crippen LogP contribution in [0.1, 0.15) is 12.5 Å². The molecule has 1 N–H and O–H groups in total. The van der Waals surface area contributed by atoms with Gasteiger partial charge in [0.25, 0.3) is 5.91 Å². The quantitative estimate of drug-likeness (QED) is 0.645. The zero-order valence-corrected chi connectivity index (χ0v) is 13.5. The van der Waals surface area contributed by atoms with Crippen molar-refractivity contribution in [1.82, 2.24) is 4.98 Å². The maximum absolute atomic E-state index is 12.3. The number of hydrogen-bond donors (Lipinski definition) is 1. The van der Waals surface area contributed by atoms with Crippen LogP contribution in [0.3, 0.4) is 0 Å². The molecule has 1 atom stereocenters. The highest BCUT2D eigenvalue weighted by Crippen LogP contribution is 2.27. The van der Waals surface area contributed by atoms with Gasteiger partial charge in [-0.2, -0.15) is 0 Å². The number of benzene rings is 1. The zero-order valence-electron chi connectivity index (χ0n) is 13.5. The van der Waals surface area contributed by atoms with E-state index in [9.17, 15) is 14.9 Å². The van der Waals surface area contributed by atoms with Crippen molar-refractivity contribution in [3.05, 3.63) is 52.2 Å². The Balaban J connectivity index is 2.14. The van der Waals surface area contributed by atoms with Crippen LogP contribution in [-0.4, -0.2) is 29.0 Å². The van der Waals surface area contributed by atoms with Crippen LogP contribution in [0.2, 0.25) is 0 Å². The predicted molar refractivity (Wildman–Crippen MR) is 87.3 cm³/mol. The number of nitrogens with zero attached hydrogens (tertiary/aromatic N) is 2. The SMILES string of the molecule is COc1ccc(C)cc1NC(=O)[C@H](C)Oc1cccnc1[N+](=O)[O-]. The number of nitro groups is 1. The average Bonchev–Trinajstić information content (AvgIpc) is 2.55. The van der Waals surface area contributed by atoms with Gasteiger partial charge in [0.15, 0.2) is 6.10 Å². The van der Waals surface area contributed by atoms with Crippen LogP contribution >= 0.6 is 0 Å². The fraction of sp³-hybridized carbons (Fsp3) is 0.250. The van der Waals surface area contributed by atoms with Crippen molar-refractivity contribution in [3.8, 4) is 11.5 Å². The molecule has 0 aliphatic rings. The standard InChI is InChI=1S/C16H17N3O5/c1-10-6-7-13(23-3)12(9-10)18-16(20)11(2)24-14-5-4-8-17-15(14)19(21)22/h4-9,11H,1-3H3,(H,18,20)/t11-/m0/s1. The molecule has 2 aromatic rings. The second kappa shape index (κ2) is 7.40. The minimum absolute atomic E-state index is 0.0682. The van der Waals surface area contributed by atoms with E-state index in [2.05, 4.69) is 10.3 Å². The van der Waals surface area contributed by atoms with Gasteiger partial charge in [-0.1, -0.05) is 6.07 Å². The molecule has 0 fully saturated rings. The van der Waals surface area contributed by atoms with Crippen LogP contribution in [-0.2, 0) is 4.79 Å². The molecule has 24 heavy (non-hydrogen) atoms. The third-order valence-electron chi connectivity index (χ3n) is 3.21. The van der Waals surface area contributed by atoms with E-state index in [4.69, 9.17) is 9.47 Å². The van der Waals surface area contributed by atoms with Gasteiger partial charge >= 0.3 is 5.82 Å². The van der Waals surface area contributed by atoms with E-state index in [-0.39, 0.29) is 5.75 Å². The Morgan fingerprint density at radius 1 is 1.33 bits per heavy atom. The first kappa shape index (κ1) is 17.2. The summed E-state index contributed by atoms with van der Waals surface area (Å²) in [5.41, 5.74) is 1.45. The minimum Gasteiger partial charge on any atom is -0.495 e. The van der Waals surface area contributed by atoms with E-state index in [0.29, 0.717) is 11.4 Å². The molecule has 126 valence electrons. The van der Waals surface area contributed by atoms with Gasteiger partial charge in [0.1, 0.15) is 11.9 Å². The lowest BCUT2D eigenvalue weighted by atomic mass is 10.2. The molecule has 0 bridgehead atoms. The number of methoxy groups -OCH3 is 1. The van der Waals surface area contributed by atoms with Gasteiger partial charge in [0, 0.05) is 0 Å². The van der Waals surface area contributed by atoms with E-state index in [0.717, 1.165) is 5.56 Å². The Morgan fingerprint density at radius 3 is 2.75 bits per heavy atom. The molecule has 2 rings (SSSR count). The van der Waals surface area contributed by atoms with Crippen molar-refractivity contribution in [3.63, 3.8) is 0 Å². The monoisotopic (exact) mass is 331 g/mol. The molecular formula is C16H17N3O5. The number of rotatable bonds is 6. The Bertz CT molecular complexity index is 763. The molecule has 0 spiro atoms. The van der Waals surface area contributed by atoms with Gasteiger partial charge in [-0.05, 0) is 53.6 Å². The number of aromatic nitrogens is 1. The molecule has 8 heteroatoms. The van der Waals surface area contributed by atoms with Gasteiger partial charge in [0.2, 0.25) is 5.75 Å². The first-order valence-corrected chi connectivity index (χ1v) is 7.14. The van der Waals surface area contributed by atoms with Gasteiger partial charge in [-0.3, -0.25) is 4.79 Å². The minimum atomic E-state index is -0.960. The highest BCUT2D eigenvalue weighted by atomic mass is 16.6. The molecule has 0 radical (unpaired) electrons. The second-order valence-electron chi connectivity index (χ2n) is 5.04. The second-order valence-corrected chi connectivity index (χ2v) is 5.04. The highest BCUT2D eigenvalue weighted by Gasteiger charge is 2.22. The fourth-order valence-electron chi connectivity index (χ4n) is 2.01. The summed E-state index contributed by atoms with van der Waals surface area (Å²) in [5.74, 6) is -0.461. The van der Waals surface area contributed by atoms with E-state index in [1.807, 2.05) is 13.0 Å². The van der Waals surface area contributed by atoms with Gasteiger partial charge in [0.05, 0.1) is 12.8 Å². The summed E-state index contributed by atoms with van der Waals surface area (Å²) in [4.78, 5) is 26.2. The number of carbonyl (C=O) groups excluding carboxylic acids is 1. The van der Waals surface area contributed by atoms with Crippen LogP contribution < -0.4 is 14.8 Å². The summed E-state index contributed by atoms with van der Waals surface area (Å²) in [6.45, 7) is 3.38. The predicted octanol–water partition coefficient (Wildman–Crippen LogP) is 2.71. The number of amides is 1. The smallest absolute Gasteiger partial charge is 0.406 e. The van der Waals surface area contributed by atoms with Crippen molar-refractivity contribution in [2.24, 2.45) is 0 Å². The maximum atomic E-state index is 12.3. The first-order chi connectivity index (χ1) is 11.4. The first-order valence-electron chi connectivity index (χ1n) is 7.14. The van der Waals surface area contributed by atoms with Crippen molar-refractivity contribution in [2.75, 3.05) is 12.4 Å². The lowest BCUT2D eigenvalue weighted by Gasteiger charge is -2.16. The third-order valence-corrected chi connectivity index (χ3v) is 3.21. The summed E-state index contributed by atoms with van der Waals surface area (Å²) in [7, 11) is 1.50. The Labute approximate surface area is 138 Å². The summed E-state index contributed by atoms with van der Waals surface area (Å²) < 4.78 is 10.6. The molecule has 0 saturated carbocycles.